The third-order valence-corrected chi connectivity index (χ3v) is 9.70. The predicted octanol–water partition coefficient (Wildman–Crippen LogP) is 0.976. The van der Waals surface area contributed by atoms with Gasteiger partial charge in [-0.2, -0.15) is 0 Å². The standard InChI is InChI=1S/C16H17NO3S2/c18-14-7-6-13-10-16(21(19)8-9-22(16)20)15(14)17(13)11-12-4-2-1-3-5-12/h1-7,13,15H,8-11H2/t13-,15+,16?,21-,22+/m0/s1. The summed E-state index contributed by atoms with van der Waals surface area (Å²) in [5.41, 5.74) is 1.12. The molecule has 2 bridgehead atoms. The molecule has 3 aliphatic rings. The number of rotatable bonds is 2. The van der Waals surface area contributed by atoms with Gasteiger partial charge in [-0.3, -0.25) is 18.1 Å². The second-order valence-corrected chi connectivity index (χ2v) is 9.92. The third kappa shape index (κ3) is 1.94. The van der Waals surface area contributed by atoms with E-state index in [1.807, 2.05) is 36.4 Å². The van der Waals surface area contributed by atoms with Crippen LogP contribution in [0.3, 0.4) is 0 Å². The Labute approximate surface area is 134 Å². The molecule has 3 heterocycles. The van der Waals surface area contributed by atoms with Crippen molar-refractivity contribution >= 4 is 27.4 Å². The highest BCUT2D eigenvalue weighted by Crippen LogP contribution is 2.47. The maximum Gasteiger partial charge on any atom is 0.175 e. The van der Waals surface area contributed by atoms with E-state index in [1.54, 1.807) is 6.08 Å². The maximum atomic E-state index is 12.6. The van der Waals surface area contributed by atoms with Crippen LogP contribution >= 0.6 is 0 Å². The van der Waals surface area contributed by atoms with Crippen LogP contribution < -0.4 is 0 Å². The van der Waals surface area contributed by atoms with E-state index in [9.17, 15) is 13.2 Å². The van der Waals surface area contributed by atoms with Crippen molar-refractivity contribution in [2.45, 2.75) is 29.1 Å². The van der Waals surface area contributed by atoms with E-state index >= 15 is 0 Å². The molecule has 0 N–H and O–H groups in total. The van der Waals surface area contributed by atoms with Gasteiger partial charge in [-0.05, 0) is 18.1 Å². The van der Waals surface area contributed by atoms with Crippen molar-refractivity contribution in [3.8, 4) is 0 Å². The van der Waals surface area contributed by atoms with Crippen LogP contribution in [0.1, 0.15) is 12.0 Å². The first-order chi connectivity index (χ1) is 10.6. The molecule has 5 atom stereocenters. The summed E-state index contributed by atoms with van der Waals surface area (Å²) in [7, 11) is -2.40. The zero-order chi connectivity index (χ0) is 15.3. The van der Waals surface area contributed by atoms with Crippen LogP contribution in [0.15, 0.2) is 42.5 Å². The van der Waals surface area contributed by atoms with Gasteiger partial charge in [-0.25, -0.2) is 0 Å². The summed E-state index contributed by atoms with van der Waals surface area (Å²) >= 11 is 0. The van der Waals surface area contributed by atoms with Crippen LogP contribution in [0.2, 0.25) is 0 Å². The van der Waals surface area contributed by atoms with Crippen LogP contribution in [0.25, 0.3) is 0 Å². The number of carbonyl (C=O) groups is 1. The molecule has 22 heavy (non-hydrogen) atoms. The zero-order valence-electron chi connectivity index (χ0n) is 12.0. The molecule has 4 nitrogen and oxygen atoms in total. The maximum absolute atomic E-state index is 12.6. The van der Waals surface area contributed by atoms with E-state index in [2.05, 4.69) is 4.90 Å². The third-order valence-electron chi connectivity index (χ3n) is 4.85. The monoisotopic (exact) mass is 335 g/mol. The highest BCUT2D eigenvalue weighted by molar-refractivity contribution is 8.07. The van der Waals surface area contributed by atoms with Gasteiger partial charge in [0.1, 0.15) is 10.1 Å². The Morgan fingerprint density at radius 2 is 1.82 bits per heavy atom. The highest BCUT2D eigenvalue weighted by Gasteiger charge is 2.64. The molecular weight excluding hydrogens is 318 g/mol. The molecule has 0 aliphatic carbocycles. The van der Waals surface area contributed by atoms with Gasteiger partial charge in [0.15, 0.2) is 5.78 Å². The summed E-state index contributed by atoms with van der Waals surface area (Å²) < 4.78 is 24.4. The molecule has 6 heteroatoms. The van der Waals surface area contributed by atoms with E-state index < -0.39 is 31.7 Å². The average Bonchev–Trinajstić information content (AvgIpc) is 2.93. The smallest absolute Gasteiger partial charge is 0.175 e. The molecule has 1 spiro atoms. The summed E-state index contributed by atoms with van der Waals surface area (Å²) in [6.45, 7) is 0.627. The molecule has 0 amide bonds. The van der Waals surface area contributed by atoms with Crippen molar-refractivity contribution in [1.82, 2.24) is 4.90 Å². The minimum atomic E-state index is -1.20. The number of hydrogen-bond acceptors (Lipinski definition) is 4. The predicted molar refractivity (Wildman–Crippen MR) is 87.1 cm³/mol. The largest absolute Gasteiger partial charge is 0.293 e. The second-order valence-electron chi connectivity index (χ2n) is 6.00. The Morgan fingerprint density at radius 3 is 2.50 bits per heavy atom. The molecule has 1 aromatic rings. The van der Waals surface area contributed by atoms with Gasteiger partial charge < -0.3 is 0 Å². The summed E-state index contributed by atoms with van der Waals surface area (Å²) in [4.78, 5) is 14.6. The van der Waals surface area contributed by atoms with Crippen LogP contribution in [0, 0.1) is 0 Å². The van der Waals surface area contributed by atoms with Gasteiger partial charge in [0.25, 0.3) is 0 Å². The van der Waals surface area contributed by atoms with Gasteiger partial charge in [0.05, 0.1) is 0 Å². The number of benzene rings is 1. The first-order valence-corrected chi connectivity index (χ1v) is 10.1. The lowest BCUT2D eigenvalue weighted by atomic mass is 10.1. The summed E-state index contributed by atoms with van der Waals surface area (Å²) in [5.74, 6) is 0.846. The molecule has 4 rings (SSSR count). The number of hydrogen-bond donors (Lipinski definition) is 0. The highest BCUT2D eigenvalue weighted by atomic mass is 32.3. The summed E-state index contributed by atoms with van der Waals surface area (Å²) in [6.07, 6.45) is 4.05. The molecule has 1 unspecified atom stereocenters. The molecule has 0 saturated carbocycles. The summed E-state index contributed by atoms with van der Waals surface area (Å²) in [5, 5.41) is 0. The van der Waals surface area contributed by atoms with Gasteiger partial charge >= 0.3 is 0 Å². The molecule has 1 aromatic carbocycles. The fourth-order valence-electron chi connectivity index (χ4n) is 3.86. The molecule has 116 valence electrons. The lowest BCUT2D eigenvalue weighted by Crippen LogP contribution is -2.53. The van der Waals surface area contributed by atoms with Crippen molar-refractivity contribution in [3.05, 3.63) is 48.0 Å². The SMILES string of the molecule is O=C1C=C[C@H]2CC3([C@@H]1N2Cc1ccccc1)[S@](=O)CC[S@@]3=O. The number of ketones is 1. The molecule has 0 radical (unpaired) electrons. The van der Waals surface area contributed by atoms with Crippen LogP contribution in [-0.4, -0.2) is 46.8 Å². The Hall–Kier alpha value is -1.11. The Bertz CT molecular complexity index is 685. The average molecular weight is 335 g/mol. The van der Waals surface area contributed by atoms with Crippen LogP contribution in [0.4, 0.5) is 0 Å². The van der Waals surface area contributed by atoms with Crippen LogP contribution in [0.5, 0.6) is 0 Å². The van der Waals surface area contributed by atoms with Crippen molar-refractivity contribution in [1.29, 1.82) is 0 Å². The lowest BCUT2D eigenvalue weighted by Gasteiger charge is -2.34. The molecule has 2 saturated heterocycles. The Kier molecular flexibility index (Phi) is 3.43. The van der Waals surface area contributed by atoms with E-state index in [0.717, 1.165) is 5.56 Å². The van der Waals surface area contributed by atoms with Crippen molar-refractivity contribution in [2.24, 2.45) is 0 Å². The van der Waals surface area contributed by atoms with Crippen molar-refractivity contribution < 1.29 is 13.2 Å². The molecule has 0 aromatic heterocycles. The van der Waals surface area contributed by atoms with E-state index in [4.69, 9.17) is 0 Å². The number of fused-ring (bicyclic) bond motifs is 3. The fraction of sp³-hybridized carbons (Fsp3) is 0.438. The number of carbonyl (C=O) groups excluding carboxylic acids is 1. The lowest BCUT2D eigenvalue weighted by molar-refractivity contribution is -0.119. The Balaban J connectivity index is 1.75. The minimum absolute atomic E-state index is 0.0479. The van der Waals surface area contributed by atoms with Crippen LogP contribution in [-0.2, 0) is 32.9 Å². The second kappa shape index (κ2) is 5.22. The van der Waals surface area contributed by atoms with Gasteiger partial charge in [-0.15, -0.1) is 0 Å². The topological polar surface area (TPSA) is 54.5 Å². The fourth-order valence-corrected chi connectivity index (χ4v) is 8.80. The summed E-state index contributed by atoms with van der Waals surface area (Å²) in [6, 6.07) is 9.50. The Morgan fingerprint density at radius 1 is 1.14 bits per heavy atom. The first-order valence-electron chi connectivity index (χ1n) is 7.41. The van der Waals surface area contributed by atoms with Gasteiger partial charge in [0.2, 0.25) is 0 Å². The van der Waals surface area contributed by atoms with Crippen molar-refractivity contribution in [2.75, 3.05) is 11.5 Å². The minimum Gasteiger partial charge on any atom is -0.293 e. The van der Waals surface area contributed by atoms with E-state index in [-0.39, 0.29) is 11.8 Å². The van der Waals surface area contributed by atoms with E-state index in [1.165, 1.54) is 0 Å². The van der Waals surface area contributed by atoms with Gasteiger partial charge in [0, 0.05) is 45.7 Å². The first kappa shape index (κ1) is 14.5. The molecular formula is C16H17NO3S2. The number of nitrogens with zero attached hydrogens (tertiary/aromatic N) is 1. The van der Waals surface area contributed by atoms with Gasteiger partial charge in [-0.1, -0.05) is 36.4 Å². The molecule has 2 fully saturated rings. The van der Waals surface area contributed by atoms with Crippen molar-refractivity contribution in [3.63, 3.8) is 0 Å². The zero-order valence-corrected chi connectivity index (χ0v) is 13.6. The normalized spacial score (nSPS) is 40.6. The quantitative estimate of drug-likeness (QED) is 0.808. The molecule has 3 aliphatic heterocycles. The van der Waals surface area contributed by atoms with E-state index in [0.29, 0.717) is 24.5 Å².